The Morgan fingerprint density at radius 3 is 2.43 bits per heavy atom. The summed E-state index contributed by atoms with van der Waals surface area (Å²) in [6.45, 7) is 8.68. The number of rotatable bonds is 5. The van der Waals surface area contributed by atoms with Gasteiger partial charge in [-0.3, -0.25) is 0 Å². The molecule has 0 fully saturated rings. The number of hydrogen-bond acceptors (Lipinski definition) is 2. The Kier molecular flexibility index (Phi) is 4.84. The van der Waals surface area contributed by atoms with Crippen molar-refractivity contribution in [3.05, 3.63) is 58.9 Å². The zero-order chi connectivity index (χ0) is 15.4. The van der Waals surface area contributed by atoms with Crippen LogP contribution < -0.4 is 10.1 Å². The molecular weight excluding hydrogens is 265 g/mol. The second-order valence-electron chi connectivity index (χ2n) is 5.57. The molecule has 0 unspecified atom stereocenters. The number of benzene rings is 2. The van der Waals surface area contributed by atoms with Crippen LogP contribution in [0.5, 0.6) is 5.75 Å². The van der Waals surface area contributed by atoms with Crippen molar-refractivity contribution in [2.45, 2.75) is 40.3 Å². The number of aryl methyl sites for hydroxylation is 2. The molecular formula is C18H22FNO. The van der Waals surface area contributed by atoms with Crippen molar-refractivity contribution in [1.29, 1.82) is 0 Å². The van der Waals surface area contributed by atoms with Crippen molar-refractivity contribution in [1.82, 2.24) is 0 Å². The molecule has 1 N–H and O–H groups in total. The minimum atomic E-state index is -0.192. The van der Waals surface area contributed by atoms with Gasteiger partial charge in [0.05, 0.1) is 6.10 Å². The highest BCUT2D eigenvalue weighted by molar-refractivity contribution is 5.54. The summed E-state index contributed by atoms with van der Waals surface area (Å²) in [5, 5.41) is 3.39. The van der Waals surface area contributed by atoms with E-state index in [1.165, 1.54) is 6.07 Å². The van der Waals surface area contributed by atoms with Gasteiger partial charge in [0.2, 0.25) is 0 Å². The van der Waals surface area contributed by atoms with Crippen LogP contribution in [-0.4, -0.2) is 6.10 Å². The molecule has 0 spiro atoms. The summed E-state index contributed by atoms with van der Waals surface area (Å²) in [6, 6.07) is 10.9. The van der Waals surface area contributed by atoms with Crippen LogP contribution in [0, 0.1) is 19.7 Å². The molecule has 0 atom stereocenters. The first-order valence-corrected chi connectivity index (χ1v) is 7.22. The standard InChI is InChI=1S/C18H22FNO/c1-12(2)21-17-7-8-18(14(4)10-17)20-11-15-5-6-16(19)9-13(15)3/h5-10,12,20H,11H2,1-4H3. The zero-order valence-electron chi connectivity index (χ0n) is 13.0. The van der Waals surface area contributed by atoms with Crippen molar-refractivity contribution < 1.29 is 9.13 Å². The summed E-state index contributed by atoms with van der Waals surface area (Å²) in [7, 11) is 0. The predicted molar refractivity (Wildman–Crippen MR) is 85.4 cm³/mol. The molecule has 0 amide bonds. The van der Waals surface area contributed by atoms with E-state index in [2.05, 4.69) is 5.32 Å². The molecule has 0 radical (unpaired) electrons. The van der Waals surface area contributed by atoms with Crippen molar-refractivity contribution in [3.63, 3.8) is 0 Å². The van der Waals surface area contributed by atoms with Gasteiger partial charge in [-0.05, 0) is 74.7 Å². The summed E-state index contributed by atoms with van der Waals surface area (Å²) in [5.74, 6) is 0.689. The Hall–Kier alpha value is -2.03. The molecule has 0 bridgehead atoms. The van der Waals surface area contributed by atoms with Crippen LogP contribution in [-0.2, 0) is 6.54 Å². The van der Waals surface area contributed by atoms with Gasteiger partial charge in [-0.2, -0.15) is 0 Å². The van der Waals surface area contributed by atoms with Gasteiger partial charge >= 0.3 is 0 Å². The fourth-order valence-electron chi connectivity index (χ4n) is 2.23. The van der Waals surface area contributed by atoms with E-state index < -0.39 is 0 Å². The lowest BCUT2D eigenvalue weighted by molar-refractivity contribution is 0.242. The molecule has 2 aromatic carbocycles. The van der Waals surface area contributed by atoms with Crippen molar-refractivity contribution in [2.75, 3.05) is 5.32 Å². The number of halogens is 1. The first kappa shape index (κ1) is 15.4. The number of nitrogens with one attached hydrogen (secondary N) is 1. The molecule has 112 valence electrons. The van der Waals surface area contributed by atoms with Crippen molar-refractivity contribution >= 4 is 5.69 Å². The van der Waals surface area contributed by atoms with E-state index in [4.69, 9.17) is 4.74 Å². The summed E-state index contributed by atoms with van der Waals surface area (Å²) < 4.78 is 18.8. The number of anilines is 1. The molecule has 2 nitrogen and oxygen atoms in total. The lowest BCUT2D eigenvalue weighted by Gasteiger charge is -2.14. The van der Waals surface area contributed by atoms with Gasteiger partial charge in [-0.15, -0.1) is 0 Å². The summed E-state index contributed by atoms with van der Waals surface area (Å²) in [6.07, 6.45) is 0.171. The third-order valence-electron chi connectivity index (χ3n) is 3.34. The quantitative estimate of drug-likeness (QED) is 0.849. The molecule has 2 rings (SSSR count). The minimum Gasteiger partial charge on any atom is -0.491 e. The molecule has 0 heterocycles. The zero-order valence-corrected chi connectivity index (χ0v) is 13.0. The molecule has 0 saturated heterocycles. The Balaban J connectivity index is 2.06. The Labute approximate surface area is 126 Å². The summed E-state index contributed by atoms with van der Waals surface area (Å²) in [5.41, 5.74) is 4.25. The SMILES string of the molecule is Cc1cc(F)ccc1CNc1ccc(OC(C)C)cc1C. The van der Waals surface area contributed by atoms with Gasteiger partial charge in [0.1, 0.15) is 11.6 Å². The highest BCUT2D eigenvalue weighted by Gasteiger charge is 2.04. The van der Waals surface area contributed by atoms with E-state index >= 15 is 0 Å². The Bertz CT molecular complexity index is 623. The van der Waals surface area contributed by atoms with Crippen LogP contribution in [0.25, 0.3) is 0 Å². The molecule has 0 aromatic heterocycles. The Morgan fingerprint density at radius 1 is 1.05 bits per heavy atom. The first-order chi connectivity index (χ1) is 9.95. The second-order valence-corrected chi connectivity index (χ2v) is 5.57. The summed E-state index contributed by atoms with van der Waals surface area (Å²) in [4.78, 5) is 0. The monoisotopic (exact) mass is 287 g/mol. The molecule has 21 heavy (non-hydrogen) atoms. The van der Waals surface area contributed by atoms with E-state index in [1.807, 2.05) is 52.0 Å². The molecule has 2 aromatic rings. The maximum atomic E-state index is 13.1. The second kappa shape index (κ2) is 6.61. The lowest BCUT2D eigenvalue weighted by Crippen LogP contribution is -2.06. The molecule has 0 aliphatic carbocycles. The third kappa shape index (κ3) is 4.22. The van der Waals surface area contributed by atoms with Gasteiger partial charge in [-0.1, -0.05) is 6.07 Å². The lowest BCUT2D eigenvalue weighted by atomic mass is 10.1. The van der Waals surface area contributed by atoms with Crippen LogP contribution in [0.1, 0.15) is 30.5 Å². The van der Waals surface area contributed by atoms with Crippen LogP contribution in [0.2, 0.25) is 0 Å². The fraction of sp³-hybridized carbons (Fsp3) is 0.333. The van der Waals surface area contributed by atoms with Gasteiger partial charge in [-0.25, -0.2) is 4.39 Å². The van der Waals surface area contributed by atoms with Crippen LogP contribution in [0.3, 0.4) is 0 Å². The topological polar surface area (TPSA) is 21.3 Å². The van der Waals surface area contributed by atoms with E-state index in [-0.39, 0.29) is 11.9 Å². The van der Waals surface area contributed by atoms with Crippen molar-refractivity contribution in [2.24, 2.45) is 0 Å². The first-order valence-electron chi connectivity index (χ1n) is 7.22. The van der Waals surface area contributed by atoms with Gasteiger partial charge in [0.15, 0.2) is 0 Å². The molecule has 0 aliphatic rings. The largest absolute Gasteiger partial charge is 0.491 e. The highest BCUT2D eigenvalue weighted by atomic mass is 19.1. The number of ether oxygens (including phenoxy) is 1. The van der Waals surface area contributed by atoms with Crippen LogP contribution in [0.15, 0.2) is 36.4 Å². The van der Waals surface area contributed by atoms with E-state index in [0.717, 1.165) is 28.1 Å². The van der Waals surface area contributed by atoms with Gasteiger partial charge < -0.3 is 10.1 Å². The average molecular weight is 287 g/mol. The molecule has 0 saturated carbocycles. The van der Waals surface area contributed by atoms with Crippen molar-refractivity contribution in [3.8, 4) is 5.75 Å². The summed E-state index contributed by atoms with van der Waals surface area (Å²) >= 11 is 0. The van der Waals surface area contributed by atoms with E-state index in [0.29, 0.717) is 6.54 Å². The Morgan fingerprint density at radius 2 is 1.81 bits per heavy atom. The normalized spacial score (nSPS) is 10.8. The van der Waals surface area contributed by atoms with Gasteiger partial charge in [0, 0.05) is 12.2 Å². The maximum absolute atomic E-state index is 13.1. The van der Waals surface area contributed by atoms with E-state index in [9.17, 15) is 4.39 Å². The van der Waals surface area contributed by atoms with Gasteiger partial charge in [0.25, 0.3) is 0 Å². The van der Waals surface area contributed by atoms with Crippen LogP contribution in [0.4, 0.5) is 10.1 Å². The average Bonchev–Trinajstić information content (AvgIpc) is 2.39. The highest BCUT2D eigenvalue weighted by Crippen LogP contribution is 2.23. The minimum absolute atomic E-state index is 0.171. The molecule has 0 aliphatic heterocycles. The third-order valence-corrected chi connectivity index (χ3v) is 3.34. The van der Waals surface area contributed by atoms with E-state index in [1.54, 1.807) is 6.07 Å². The fourth-order valence-corrected chi connectivity index (χ4v) is 2.23. The smallest absolute Gasteiger partial charge is 0.123 e. The number of hydrogen-bond donors (Lipinski definition) is 1. The molecule has 3 heteroatoms. The predicted octanol–water partition coefficient (Wildman–Crippen LogP) is 4.84. The maximum Gasteiger partial charge on any atom is 0.123 e. The van der Waals surface area contributed by atoms with Crippen LogP contribution >= 0.6 is 0 Å².